The van der Waals surface area contributed by atoms with Gasteiger partial charge in [-0.25, -0.2) is 4.39 Å². The highest BCUT2D eigenvalue weighted by Crippen LogP contribution is 2.20. The monoisotopic (exact) mass is 395 g/mol. The molecule has 0 saturated carbocycles. The predicted octanol–water partition coefficient (Wildman–Crippen LogP) is 4.75. The van der Waals surface area contributed by atoms with E-state index in [4.69, 9.17) is 0 Å². The second kappa shape index (κ2) is 7.63. The first-order valence-corrected chi connectivity index (χ1v) is 9.58. The zero-order valence-corrected chi connectivity index (χ0v) is 14.3. The molecule has 1 aromatic rings. The Morgan fingerprint density at radius 3 is 2.72 bits per heavy atom. The Kier molecular flexibility index (Phi) is 6.85. The average Bonchev–Trinajstić information content (AvgIpc) is 2.28. The summed E-state index contributed by atoms with van der Waals surface area (Å²) in [6, 6.07) is 4.97. The fraction of sp³-hybridized carbons (Fsp3) is 0.385. The van der Waals surface area contributed by atoms with Gasteiger partial charge in [-0.3, -0.25) is 4.72 Å². The molecule has 18 heavy (non-hydrogen) atoms. The van der Waals surface area contributed by atoms with Crippen LogP contribution < -0.4 is 4.72 Å². The van der Waals surface area contributed by atoms with Crippen LogP contribution in [0.2, 0.25) is 0 Å². The van der Waals surface area contributed by atoms with Crippen molar-refractivity contribution in [2.75, 3.05) is 0 Å². The molecule has 0 heterocycles. The predicted molar refractivity (Wildman–Crippen MR) is 89.1 cm³/mol. The minimum absolute atomic E-state index is 0.117. The number of rotatable bonds is 3. The molecule has 0 saturated heterocycles. The summed E-state index contributed by atoms with van der Waals surface area (Å²) in [5, 5.41) is 2.90. The molecule has 0 radical (unpaired) electrons. The van der Waals surface area contributed by atoms with Gasteiger partial charge < -0.3 is 0 Å². The van der Waals surface area contributed by atoms with Crippen LogP contribution in [0.4, 0.5) is 4.39 Å². The summed E-state index contributed by atoms with van der Waals surface area (Å²) >= 11 is 3.72. The Balaban J connectivity index is 2.69. The number of benzene rings is 1. The van der Waals surface area contributed by atoms with E-state index >= 15 is 0 Å². The number of halogens is 2. The summed E-state index contributed by atoms with van der Waals surface area (Å²) in [7, 11) is 1.42. The van der Waals surface area contributed by atoms with Crippen LogP contribution in [0.1, 0.15) is 31.9 Å². The largest absolute Gasteiger partial charge is 0.259 e. The molecule has 0 aliphatic heterocycles. The summed E-state index contributed by atoms with van der Waals surface area (Å²) in [5.74, 6) is 2.78. The van der Waals surface area contributed by atoms with Gasteiger partial charge in [-0.1, -0.05) is 17.9 Å². The molecule has 0 amide bonds. The van der Waals surface area contributed by atoms with Gasteiger partial charge in [0.15, 0.2) is 0 Å². The van der Waals surface area contributed by atoms with Crippen molar-refractivity contribution in [3.63, 3.8) is 0 Å². The summed E-state index contributed by atoms with van der Waals surface area (Å²) in [6.45, 7) is 6.84. The average molecular weight is 395 g/mol. The SMILES string of the molecule is CC(C)(C)SNCc1cc(C#CSI)ccc1F. The highest BCUT2D eigenvalue weighted by molar-refractivity contribution is 14.2. The first-order chi connectivity index (χ1) is 8.42. The zero-order valence-electron chi connectivity index (χ0n) is 10.5. The van der Waals surface area contributed by atoms with Crippen molar-refractivity contribution in [3.05, 3.63) is 35.1 Å². The molecule has 0 spiro atoms. The van der Waals surface area contributed by atoms with E-state index in [9.17, 15) is 4.39 Å². The second-order valence-corrected chi connectivity index (χ2v) is 8.04. The first-order valence-electron chi connectivity index (χ1n) is 5.40. The molecule has 0 fully saturated rings. The van der Waals surface area contributed by atoms with Crippen molar-refractivity contribution in [2.45, 2.75) is 32.1 Å². The van der Waals surface area contributed by atoms with E-state index < -0.39 is 0 Å². The minimum atomic E-state index is -0.190. The van der Waals surface area contributed by atoms with Gasteiger partial charge in [-0.15, -0.1) is 0 Å². The van der Waals surface area contributed by atoms with Crippen molar-refractivity contribution in [1.82, 2.24) is 4.72 Å². The van der Waals surface area contributed by atoms with Crippen LogP contribution in [0.5, 0.6) is 0 Å². The van der Waals surface area contributed by atoms with Gasteiger partial charge in [0.1, 0.15) is 5.82 Å². The second-order valence-electron chi connectivity index (χ2n) is 4.65. The van der Waals surface area contributed by atoms with Crippen molar-refractivity contribution < 1.29 is 4.39 Å². The first kappa shape index (κ1) is 16.2. The molecule has 0 aliphatic rings. The molecule has 1 nitrogen and oxygen atoms in total. The number of hydrogen-bond acceptors (Lipinski definition) is 3. The van der Waals surface area contributed by atoms with E-state index in [0.29, 0.717) is 12.1 Å². The quantitative estimate of drug-likeness (QED) is 0.451. The highest BCUT2D eigenvalue weighted by Gasteiger charge is 2.11. The van der Waals surface area contributed by atoms with Crippen LogP contribution in [0, 0.1) is 17.0 Å². The van der Waals surface area contributed by atoms with Gasteiger partial charge in [0.05, 0.1) is 0 Å². The van der Waals surface area contributed by atoms with Crippen LogP contribution >= 0.6 is 42.1 Å². The molecule has 0 bridgehead atoms. The molecule has 0 aromatic heterocycles. The lowest BCUT2D eigenvalue weighted by Crippen LogP contribution is -2.17. The molecule has 1 rings (SSSR count). The molecular weight excluding hydrogens is 380 g/mol. The van der Waals surface area contributed by atoms with Crippen LogP contribution in [0.3, 0.4) is 0 Å². The number of nitrogens with one attached hydrogen (secondary N) is 1. The smallest absolute Gasteiger partial charge is 0.127 e. The molecule has 5 heteroatoms. The molecular formula is C13H15FINS2. The maximum absolute atomic E-state index is 13.6. The van der Waals surface area contributed by atoms with Crippen LogP contribution in [-0.4, -0.2) is 4.75 Å². The molecule has 1 N–H and O–H groups in total. The van der Waals surface area contributed by atoms with Crippen molar-refractivity contribution >= 4 is 42.1 Å². The minimum Gasteiger partial charge on any atom is -0.259 e. The van der Waals surface area contributed by atoms with Gasteiger partial charge in [-0.2, -0.15) is 0 Å². The third-order valence-corrected chi connectivity index (χ3v) is 3.66. The van der Waals surface area contributed by atoms with Crippen molar-refractivity contribution in [2.24, 2.45) is 0 Å². The standard InChI is InChI=1S/C13H15FINS2/c1-13(2,3)18-16-9-11-8-10(6-7-17-15)4-5-12(11)14/h4-5,8,16H,9H2,1-3H3. The normalized spacial score (nSPS) is 10.9. The summed E-state index contributed by atoms with van der Waals surface area (Å²) in [4.78, 5) is 0. The van der Waals surface area contributed by atoms with Gasteiger partial charge >= 0.3 is 0 Å². The fourth-order valence-corrected chi connectivity index (χ4v) is 2.34. The molecule has 98 valence electrons. The summed E-state index contributed by atoms with van der Waals surface area (Å²) < 4.78 is 16.9. The van der Waals surface area contributed by atoms with Gasteiger partial charge in [-0.05, 0) is 53.2 Å². The zero-order chi connectivity index (χ0) is 13.6. The number of hydrogen-bond donors (Lipinski definition) is 1. The third kappa shape index (κ3) is 6.32. The highest BCUT2D eigenvalue weighted by atomic mass is 127. The van der Waals surface area contributed by atoms with Gasteiger partial charge in [0.25, 0.3) is 0 Å². The Bertz CT molecular complexity index is 460. The maximum Gasteiger partial charge on any atom is 0.127 e. The Labute approximate surface area is 129 Å². The summed E-state index contributed by atoms with van der Waals surface area (Å²) in [6.07, 6.45) is 0. The van der Waals surface area contributed by atoms with Crippen LogP contribution in [0.15, 0.2) is 18.2 Å². The van der Waals surface area contributed by atoms with E-state index in [0.717, 1.165) is 5.56 Å². The van der Waals surface area contributed by atoms with Crippen molar-refractivity contribution in [1.29, 1.82) is 0 Å². The Morgan fingerprint density at radius 2 is 2.11 bits per heavy atom. The van der Waals surface area contributed by atoms with Crippen LogP contribution in [-0.2, 0) is 6.54 Å². The van der Waals surface area contributed by atoms with E-state index in [-0.39, 0.29) is 10.6 Å². The van der Waals surface area contributed by atoms with E-state index in [2.05, 4.69) is 57.9 Å². The molecule has 1 aromatic carbocycles. The summed E-state index contributed by atoms with van der Waals surface area (Å²) in [5.41, 5.74) is 1.50. The molecule has 0 atom stereocenters. The lowest BCUT2D eigenvalue weighted by atomic mass is 10.1. The van der Waals surface area contributed by atoms with E-state index in [1.165, 1.54) is 15.0 Å². The van der Waals surface area contributed by atoms with Crippen molar-refractivity contribution in [3.8, 4) is 11.2 Å². The lowest BCUT2D eigenvalue weighted by Gasteiger charge is -2.17. The van der Waals surface area contributed by atoms with Gasteiger partial charge in [0.2, 0.25) is 0 Å². The fourth-order valence-electron chi connectivity index (χ4n) is 1.20. The molecule has 0 aliphatic carbocycles. The Hall–Kier alpha value is 0.1000. The maximum atomic E-state index is 13.6. The third-order valence-electron chi connectivity index (χ3n) is 1.92. The molecule has 0 unspecified atom stereocenters. The van der Waals surface area contributed by atoms with E-state index in [1.54, 1.807) is 24.1 Å². The topological polar surface area (TPSA) is 12.0 Å². The van der Waals surface area contributed by atoms with Gasteiger partial charge in [0, 0.05) is 43.6 Å². The van der Waals surface area contributed by atoms with Crippen LogP contribution in [0.25, 0.3) is 0 Å². The van der Waals surface area contributed by atoms with E-state index in [1.807, 2.05) is 0 Å². The lowest BCUT2D eigenvalue weighted by molar-refractivity contribution is 0.607. The Morgan fingerprint density at radius 1 is 1.39 bits per heavy atom.